The molecular weight excluding hydrogens is 294 g/mol. The Labute approximate surface area is 136 Å². The molecule has 2 fully saturated rings. The Morgan fingerprint density at radius 1 is 1.17 bits per heavy atom. The fraction of sp³-hybridized carbons (Fsp3) is 0.611. The monoisotopic (exact) mass is 317 g/mol. The van der Waals surface area contributed by atoms with Crippen LogP contribution >= 0.6 is 0 Å². The van der Waals surface area contributed by atoms with Gasteiger partial charge in [-0.15, -0.1) is 0 Å². The molecule has 1 atom stereocenters. The quantitative estimate of drug-likeness (QED) is 0.931. The fourth-order valence-electron chi connectivity index (χ4n) is 4.00. The molecule has 0 unspecified atom stereocenters. The Kier molecular flexibility index (Phi) is 3.89. The minimum atomic E-state index is 0.0367. The summed E-state index contributed by atoms with van der Waals surface area (Å²) in [6.45, 7) is 0.902. The van der Waals surface area contributed by atoms with Gasteiger partial charge in [-0.2, -0.15) is 0 Å². The van der Waals surface area contributed by atoms with E-state index in [-0.39, 0.29) is 24.3 Å². The van der Waals surface area contributed by atoms with Gasteiger partial charge in [-0.05, 0) is 37.0 Å². The minimum absolute atomic E-state index is 0.0367. The summed E-state index contributed by atoms with van der Waals surface area (Å²) in [5, 5.41) is 3.13. The lowest BCUT2D eigenvalue weighted by atomic mass is 9.82. The van der Waals surface area contributed by atoms with Gasteiger partial charge in [0, 0.05) is 0 Å². The lowest BCUT2D eigenvalue weighted by Gasteiger charge is -2.32. The molecule has 5 nitrogen and oxygen atoms in total. The molecule has 0 bridgehead atoms. The van der Waals surface area contributed by atoms with Gasteiger partial charge in [-0.3, -0.25) is 4.79 Å². The number of nitrogens with one attached hydrogen (secondary N) is 1. The van der Waals surface area contributed by atoms with Gasteiger partial charge in [0.25, 0.3) is 0 Å². The summed E-state index contributed by atoms with van der Waals surface area (Å²) in [5.74, 6) is 1.52. The van der Waals surface area contributed by atoms with Crippen molar-refractivity contribution in [1.82, 2.24) is 5.32 Å². The fourth-order valence-corrected chi connectivity index (χ4v) is 4.00. The standard InChI is InChI=1S/C18H23NO4/c20-17(9-13-4-5-15-16(8-13)22-12-21-15)19-14-10-18(23-11-14)6-2-1-3-7-18/h4-5,8,14H,1-3,6-7,9-12H2,(H,19,20)/t14-/m0/s1. The van der Waals surface area contributed by atoms with E-state index in [2.05, 4.69) is 5.32 Å². The zero-order valence-corrected chi connectivity index (χ0v) is 13.3. The molecule has 124 valence electrons. The average molecular weight is 317 g/mol. The van der Waals surface area contributed by atoms with Gasteiger partial charge in [0.15, 0.2) is 11.5 Å². The number of amides is 1. The van der Waals surface area contributed by atoms with Crippen LogP contribution in [0.1, 0.15) is 44.1 Å². The first-order valence-corrected chi connectivity index (χ1v) is 8.54. The second kappa shape index (κ2) is 6.04. The molecule has 1 saturated carbocycles. The van der Waals surface area contributed by atoms with E-state index in [0.717, 1.165) is 36.3 Å². The van der Waals surface area contributed by atoms with Gasteiger partial charge >= 0.3 is 0 Å². The van der Waals surface area contributed by atoms with Crippen molar-refractivity contribution >= 4 is 5.91 Å². The highest BCUT2D eigenvalue weighted by molar-refractivity contribution is 5.79. The Morgan fingerprint density at radius 2 is 2.00 bits per heavy atom. The maximum absolute atomic E-state index is 12.3. The van der Waals surface area contributed by atoms with Crippen molar-refractivity contribution in [2.75, 3.05) is 13.4 Å². The molecule has 5 heteroatoms. The lowest BCUT2D eigenvalue weighted by molar-refractivity contribution is -0.121. The van der Waals surface area contributed by atoms with Crippen LogP contribution in [-0.4, -0.2) is 30.9 Å². The number of benzene rings is 1. The van der Waals surface area contributed by atoms with Crippen LogP contribution in [0.2, 0.25) is 0 Å². The summed E-state index contributed by atoms with van der Waals surface area (Å²) in [5.41, 5.74) is 0.979. The van der Waals surface area contributed by atoms with Gasteiger partial charge in [0.05, 0.1) is 24.7 Å². The Morgan fingerprint density at radius 3 is 2.87 bits per heavy atom. The molecule has 4 rings (SSSR count). The molecule has 0 radical (unpaired) electrons. The number of hydrogen-bond donors (Lipinski definition) is 1. The highest BCUT2D eigenvalue weighted by Gasteiger charge is 2.41. The second-order valence-corrected chi connectivity index (χ2v) is 6.89. The van der Waals surface area contributed by atoms with E-state index in [1.54, 1.807) is 0 Å². The molecule has 1 aliphatic carbocycles. The number of rotatable bonds is 3. The molecule has 1 aromatic carbocycles. The van der Waals surface area contributed by atoms with E-state index in [9.17, 15) is 4.79 Å². The van der Waals surface area contributed by atoms with Gasteiger partial charge in [-0.25, -0.2) is 0 Å². The summed E-state index contributed by atoms with van der Waals surface area (Å²) in [7, 11) is 0. The first-order valence-electron chi connectivity index (χ1n) is 8.54. The van der Waals surface area contributed by atoms with Crippen molar-refractivity contribution in [3.05, 3.63) is 23.8 Å². The van der Waals surface area contributed by atoms with Crippen molar-refractivity contribution in [2.24, 2.45) is 0 Å². The van der Waals surface area contributed by atoms with E-state index < -0.39 is 0 Å². The van der Waals surface area contributed by atoms with Crippen LogP contribution in [0.15, 0.2) is 18.2 Å². The van der Waals surface area contributed by atoms with E-state index in [4.69, 9.17) is 14.2 Å². The molecule has 1 amide bonds. The predicted octanol–water partition coefficient (Wildman–Crippen LogP) is 2.57. The number of carbonyl (C=O) groups excluding carboxylic acids is 1. The Balaban J connectivity index is 1.32. The number of hydrogen-bond acceptors (Lipinski definition) is 4. The summed E-state index contributed by atoms with van der Waals surface area (Å²) >= 11 is 0. The third-order valence-corrected chi connectivity index (χ3v) is 5.14. The Bertz CT molecular complexity index is 595. The van der Waals surface area contributed by atoms with Crippen molar-refractivity contribution in [2.45, 2.75) is 56.6 Å². The van der Waals surface area contributed by atoms with Crippen LogP contribution in [0.5, 0.6) is 11.5 Å². The Hall–Kier alpha value is -1.75. The third kappa shape index (κ3) is 3.15. The largest absolute Gasteiger partial charge is 0.454 e. The van der Waals surface area contributed by atoms with Crippen LogP contribution in [-0.2, 0) is 16.0 Å². The highest BCUT2D eigenvalue weighted by atomic mass is 16.7. The van der Waals surface area contributed by atoms with Gasteiger partial charge in [-0.1, -0.05) is 25.3 Å². The van der Waals surface area contributed by atoms with Crippen LogP contribution in [0.3, 0.4) is 0 Å². The normalized spacial score (nSPS) is 24.8. The summed E-state index contributed by atoms with van der Waals surface area (Å²) in [6, 6.07) is 5.81. The van der Waals surface area contributed by atoms with Gasteiger partial charge < -0.3 is 19.5 Å². The van der Waals surface area contributed by atoms with Crippen molar-refractivity contribution in [1.29, 1.82) is 0 Å². The van der Waals surface area contributed by atoms with E-state index >= 15 is 0 Å². The van der Waals surface area contributed by atoms with Crippen molar-refractivity contribution < 1.29 is 19.0 Å². The van der Waals surface area contributed by atoms with Crippen molar-refractivity contribution in [3.8, 4) is 11.5 Å². The maximum atomic E-state index is 12.3. The molecule has 1 aromatic rings. The minimum Gasteiger partial charge on any atom is -0.454 e. The van der Waals surface area contributed by atoms with Crippen LogP contribution in [0.25, 0.3) is 0 Å². The molecule has 1 spiro atoms. The molecule has 2 aliphatic heterocycles. The van der Waals surface area contributed by atoms with Crippen molar-refractivity contribution in [3.63, 3.8) is 0 Å². The summed E-state index contributed by atoms with van der Waals surface area (Å²) in [6.07, 6.45) is 7.41. The van der Waals surface area contributed by atoms with Crippen LogP contribution in [0, 0.1) is 0 Å². The molecule has 2 heterocycles. The lowest BCUT2D eigenvalue weighted by Crippen LogP contribution is -2.38. The number of ether oxygens (including phenoxy) is 3. The van der Waals surface area contributed by atoms with E-state index in [1.807, 2.05) is 18.2 Å². The average Bonchev–Trinajstić information content (AvgIpc) is 3.15. The SMILES string of the molecule is O=C(Cc1ccc2c(c1)OCO2)N[C@@H]1COC2(CCCCC2)C1. The zero-order chi connectivity index (χ0) is 15.7. The molecule has 23 heavy (non-hydrogen) atoms. The first-order chi connectivity index (χ1) is 11.2. The number of carbonyl (C=O) groups is 1. The van der Waals surface area contributed by atoms with Crippen LogP contribution in [0.4, 0.5) is 0 Å². The maximum Gasteiger partial charge on any atom is 0.231 e. The third-order valence-electron chi connectivity index (χ3n) is 5.14. The summed E-state index contributed by atoms with van der Waals surface area (Å²) in [4.78, 5) is 12.3. The zero-order valence-electron chi connectivity index (χ0n) is 13.3. The molecular formula is C18H23NO4. The number of fused-ring (bicyclic) bond motifs is 1. The van der Waals surface area contributed by atoms with E-state index in [1.165, 1.54) is 19.3 Å². The highest BCUT2D eigenvalue weighted by Crippen LogP contribution is 2.39. The van der Waals surface area contributed by atoms with Gasteiger partial charge in [0.2, 0.25) is 12.7 Å². The van der Waals surface area contributed by atoms with Gasteiger partial charge in [0.1, 0.15) is 0 Å². The van der Waals surface area contributed by atoms with E-state index in [0.29, 0.717) is 13.0 Å². The second-order valence-electron chi connectivity index (χ2n) is 6.89. The predicted molar refractivity (Wildman–Crippen MR) is 84.6 cm³/mol. The topological polar surface area (TPSA) is 56.8 Å². The molecule has 1 saturated heterocycles. The summed E-state index contributed by atoms with van der Waals surface area (Å²) < 4.78 is 16.7. The van der Waals surface area contributed by atoms with Crippen LogP contribution < -0.4 is 14.8 Å². The first kappa shape index (κ1) is 14.8. The smallest absolute Gasteiger partial charge is 0.231 e. The molecule has 0 aromatic heterocycles. The molecule has 3 aliphatic rings. The molecule has 1 N–H and O–H groups in total.